The Morgan fingerprint density at radius 2 is 1.96 bits per heavy atom. The van der Waals surface area contributed by atoms with Crippen molar-refractivity contribution >= 4 is 28.1 Å². The van der Waals surface area contributed by atoms with E-state index in [9.17, 15) is 4.79 Å². The molecular weight excluding hydrogens is 406 g/mol. The van der Waals surface area contributed by atoms with Crippen molar-refractivity contribution in [2.45, 2.75) is 13.5 Å². The van der Waals surface area contributed by atoms with Crippen LogP contribution in [-0.2, 0) is 6.61 Å². The van der Waals surface area contributed by atoms with Gasteiger partial charge in [0.1, 0.15) is 12.4 Å². The average Bonchev–Trinajstić information content (AvgIpc) is 2.67. The van der Waals surface area contributed by atoms with E-state index in [2.05, 4.69) is 31.4 Å². The van der Waals surface area contributed by atoms with E-state index in [1.165, 1.54) is 6.21 Å². The molecule has 3 aromatic rings. The van der Waals surface area contributed by atoms with Gasteiger partial charge in [-0.15, -0.1) is 0 Å². The fourth-order valence-electron chi connectivity index (χ4n) is 2.42. The van der Waals surface area contributed by atoms with E-state index in [1.807, 2.05) is 55.5 Å². The number of benzene rings is 2. The molecule has 136 valence electrons. The van der Waals surface area contributed by atoms with Crippen LogP contribution in [0.25, 0.3) is 0 Å². The minimum absolute atomic E-state index is 0.344. The molecule has 0 radical (unpaired) electrons. The molecule has 0 spiro atoms. The number of carbonyl (C=O) groups excluding carboxylic acids is 1. The summed E-state index contributed by atoms with van der Waals surface area (Å²) in [5.74, 6) is 0.155. The summed E-state index contributed by atoms with van der Waals surface area (Å²) in [6, 6.07) is 20.5. The van der Waals surface area contributed by atoms with Gasteiger partial charge in [-0.1, -0.05) is 46.3 Å². The molecule has 0 bridgehead atoms. The first-order valence-electron chi connectivity index (χ1n) is 8.35. The molecular formula is C21H18BrN3O2. The molecule has 1 heterocycles. The Morgan fingerprint density at radius 1 is 1.15 bits per heavy atom. The zero-order chi connectivity index (χ0) is 19.1. The lowest BCUT2D eigenvalue weighted by molar-refractivity contribution is 0.0950. The van der Waals surface area contributed by atoms with Gasteiger partial charge in [-0.3, -0.25) is 9.78 Å². The summed E-state index contributed by atoms with van der Waals surface area (Å²) in [6.07, 6.45) is 1.51. The molecule has 0 saturated heterocycles. The Bertz CT molecular complexity index is 973. The highest BCUT2D eigenvalue weighted by atomic mass is 79.9. The van der Waals surface area contributed by atoms with E-state index in [0.717, 1.165) is 15.7 Å². The molecule has 0 fully saturated rings. The zero-order valence-corrected chi connectivity index (χ0v) is 16.3. The number of ether oxygens (including phenoxy) is 1. The highest BCUT2D eigenvalue weighted by molar-refractivity contribution is 9.10. The highest BCUT2D eigenvalue weighted by Crippen LogP contribution is 2.20. The van der Waals surface area contributed by atoms with Gasteiger partial charge in [0.15, 0.2) is 0 Å². The van der Waals surface area contributed by atoms with Crippen LogP contribution in [-0.4, -0.2) is 17.1 Å². The van der Waals surface area contributed by atoms with E-state index in [1.54, 1.807) is 18.2 Å². The number of aromatic nitrogens is 1. The maximum atomic E-state index is 12.5. The Kier molecular flexibility index (Phi) is 6.33. The van der Waals surface area contributed by atoms with Crippen LogP contribution in [0.3, 0.4) is 0 Å². The minimum atomic E-state index is -0.344. The number of para-hydroxylation sites is 1. The molecule has 3 rings (SSSR count). The molecule has 0 aliphatic rings. The zero-order valence-electron chi connectivity index (χ0n) is 14.7. The summed E-state index contributed by atoms with van der Waals surface area (Å²) in [7, 11) is 0. The number of pyridine rings is 1. The summed E-state index contributed by atoms with van der Waals surface area (Å²) < 4.78 is 6.81. The Labute approximate surface area is 166 Å². The maximum absolute atomic E-state index is 12.5. The monoisotopic (exact) mass is 423 g/mol. The number of hydrogen-bond donors (Lipinski definition) is 1. The number of hydrogen-bond acceptors (Lipinski definition) is 4. The molecule has 0 atom stereocenters. The lowest BCUT2D eigenvalue weighted by Crippen LogP contribution is -2.18. The van der Waals surface area contributed by atoms with Crippen molar-refractivity contribution in [3.63, 3.8) is 0 Å². The molecule has 5 nitrogen and oxygen atoms in total. The van der Waals surface area contributed by atoms with Crippen molar-refractivity contribution in [3.8, 4) is 5.75 Å². The van der Waals surface area contributed by atoms with Gasteiger partial charge in [-0.05, 0) is 48.9 Å². The van der Waals surface area contributed by atoms with Crippen LogP contribution < -0.4 is 10.2 Å². The number of halogens is 1. The van der Waals surface area contributed by atoms with Gasteiger partial charge in [0.2, 0.25) is 0 Å². The lowest BCUT2D eigenvalue weighted by atomic mass is 10.2. The van der Waals surface area contributed by atoms with Crippen LogP contribution in [0.4, 0.5) is 0 Å². The van der Waals surface area contributed by atoms with Crippen molar-refractivity contribution in [2.24, 2.45) is 5.10 Å². The Hall–Kier alpha value is -2.99. The van der Waals surface area contributed by atoms with Crippen molar-refractivity contribution in [1.29, 1.82) is 0 Å². The molecule has 27 heavy (non-hydrogen) atoms. The van der Waals surface area contributed by atoms with Gasteiger partial charge in [-0.25, -0.2) is 5.43 Å². The number of nitrogens with zero attached hydrogens (tertiary/aromatic N) is 2. The largest absolute Gasteiger partial charge is 0.488 e. The van der Waals surface area contributed by atoms with Crippen LogP contribution in [0.5, 0.6) is 5.75 Å². The van der Waals surface area contributed by atoms with Crippen LogP contribution in [0.2, 0.25) is 0 Å². The van der Waals surface area contributed by atoms with Crippen molar-refractivity contribution in [1.82, 2.24) is 10.4 Å². The average molecular weight is 424 g/mol. The molecule has 1 amide bonds. The first-order chi connectivity index (χ1) is 13.1. The molecule has 0 aliphatic carbocycles. The van der Waals surface area contributed by atoms with Crippen molar-refractivity contribution in [2.75, 3.05) is 0 Å². The fourth-order valence-corrected chi connectivity index (χ4v) is 2.87. The van der Waals surface area contributed by atoms with Gasteiger partial charge < -0.3 is 4.74 Å². The van der Waals surface area contributed by atoms with E-state index in [0.29, 0.717) is 23.6 Å². The lowest BCUT2D eigenvalue weighted by Gasteiger charge is -2.10. The predicted octanol–water partition coefficient (Wildman–Crippen LogP) is 4.50. The third kappa shape index (κ3) is 5.49. The summed E-state index contributed by atoms with van der Waals surface area (Å²) in [5.41, 5.74) is 5.50. The van der Waals surface area contributed by atoms with Crippen LogP contribution >= 0.6 is 15.9 Å². The standard InChI is InChI=1S/C21H18BrN3O2/c1-15-6-4-9-18(24-15)13-23-25-21(26)19-10-2-3-11-20(19)27-14-16-7-5-8-17(22)12-16/h2-13H,14H2,1H3,(H,25,26)/b23-13-. The predicted molar refractivity (Wildman–Crippen MR) is 109 cm³/mol. The number of aryl methyl sites for hydroxylation is 1. The van der Waals surface area contributed by atoms with Crippen molar-refractivity contribution in [3.05, 3.63) is 93.7 Å². The second-order valence-electron chi connectivity index (χ2n) is 5.82. The molecule has 0 saturated carbocycles. The third-order valence-corrected chi connectivity index (χ3v) is 4.18. The van der Waals surface area contributed by atoms with E-state index in [4.69, 9.17) is 4.74 Å². The number of hydrazone groups is 1. The molecule has 0 aliphatic heterocycles. The molecule has 1 N–H and O–H groups in total. The first kappa shape index (κ1) is 18.8. The summed E-state index contributed by atoms with van der Waals surface area (Å²) in [6.45, 7) is 2.26. The first-order valence-corrected chi connectivity index (χ1v) is 9.14. The number of rotatable bonds is 6. The third-order valence-electron chi connectivity index (χ3n) is 3.69. The highest BCUT2D eigenvalue weighted by Gasteiger charge is 2.11. The van der Waals surface area contributed by atoms with Crippen LogP contribution in [0.15, 0.2) is 76.3 Å². The molecule has 1 aromatic heterocycles. The van der Waals surface area contributed by atoms with Crippen LogP contribution in [0, 0.1) is 6.92 Å². The maximum Gasteiger partial charge on any atom is 0.275 e. The minimum Gasteiger partial charge on any atom is -0.488 e. The van der Waals surface area contributed by atoms with Crippen molar-refractivity contribution < 1.29 is 9.53 Å². The summed E-state index contributed by atoms with van der Waals surface area (Å²) >= 11 is 3.44. The number of carbonyl (C=O) groups is 1. The Balaban J connectivity index is 1.66. The van der Waals surface area contributed by atoms with E-state index >= 15 is 0 Å². The van der Waals surface area contributed by atoms with Gasteiger partial charge in [0, 0.05) is 10.2 Å². The van der Waals surface area contributed by atoms with E-state index < -0.39 is 0 Å². The topological polar surface area (TPSA) is 63.6 Å². The SMILES string of the molecule is Cc1cccc(/C=N\NC(=O)c2ccccc2OCc2cccc(Br)c2)n1. The van der Waals surface area contributed by atoms with Gasteiger partial charge >= 0.3 is 0 Å². The number of amides is 1. The van der Waals surface area contributed by atoms with Gasteiger partial charge in [-0.2, -0.15) is 5.10 Å². The molecule has 2 aromatic carbocycles. The quantitative estimate of drug-likeness (QED) is 0.468. The van der Waals surface area contributed by atoms with Gasteiger partial charge in [0.05, 0.1) is 17.5 Å². The summed E-state index contributed by atoms with van der Waals surface area (Å²) in [4.78, 5) is 16.8. The normalized spacial score (nSPS) is 10.7. The second-order valence-corrected chi connectivity index (χ2v) is 6.73. The molecule has 0 unspecified atom stereocenters. The fraction of sp³-hybridized carbons (Fsp3) is 0.0952. The molecule has 6 heteroatoms. The Morgan fingerprint density at radius 3 is 2.78 bits per heavy atom. The van der Waals surface area contributed by atoms with E-state index in [-0.39, 0.29) is 5.91 Å². The second kappa shape index (κ2) is 9.09. The van der Waals surface area contributed by atoms with Crippen LogP contribution in [0.1, 0.15) is 27.3 Å². The number of nitrogens with one attached hydrogen (secondary N) is 1. The summed E-state index contributed by atoms with van der Waals surface area (Å²) in [5, 5.41) is 3.98. The van der Waals surface area contributed by atoms with Gasteiger partial charge in [0.25, 0.3) is 5.91 Å². The smallest absolute Gasteiger partial charge is 0.275 e.